The average Bonchev–Trinajstić information content (AvgIpc) is 3.29. The predicted octanol–water partition coefficient (Wildman–Crippen LogP) is 5.45. The van der Waals surface area contributed by atoms with Gasteiger partial charge in [0.05, 0.1) is 11.8 Å². The molecule has 2 saturated heterocycles. The molecule has 6 atom stereocenters. The van der Waals surface area contributed by atoms with Crippen molar-refractivity contribution in [3.63, 3.8) is 0 Å². The first-order valence-electron chi connectivity index (χ1n) is 13.5. The Bertz CT molecular complexity index is 1720. The van der Waals surface area contributed by atoms with Crippen molar-refractivity contribution in [2.75, 3.05) is 4.90 Å². The van der Waals surface area contributed by atoms with Gasteiger partial charge < -0.3 is 5.11 Å². The zero-order chi connectivity index (χ0) is 32.4. The largest absolute Gasteiger partial charge is 0.508 e. The topological polar surface area (TPSA) is 95.0 Å². The Kier molecular flexibility index (Phi) is 6.59. The van der Waals surface area contributed by atoms with Gasteiger partial charge in [0.2, 0.25) is 17.6 Å². The number of carbonyl (C=O) groups excluding carboxylic acids is 4. The van der Waals surface area contributed by atoms with Gasteiger partial charge in [0.1, 0.15) is 11.4 Å². The molecular formula is C30H23Cl2F5N2O5. The highest BCUT2D eigenvalue weighted by atomic mass is 35.5. The zero-order valence-electron chi connectivity index (χ0n) is 23.2. The fourth-order valence-electron chi connectivity index (χ4n) is 7.31. The summed E-state index contributed by atoms with van der Waals surface area (Å²) in [6.45, 7) is 5.00. The lowest BCUT2D eigenvalue weighted by Crippen LogP contribution is -2.60. The van der Waals surface area contributed by atoms with Crippen LogP contribution in [0.5, 0.6) is 5.75 Å². The molecule has 4 amide bonds. The molecule has 2 aromatic carbocycles. The quantitative estimate of drug-likeness (QED) is 0.116. The number of phenols is 1. The first kappa shape index (κ1) is 30.5. The molecule has 3 fully saturated rings. The molecule has 0 unspecified atom stereocenters. The molecule has 2 heterocycles. The number of benzene rings is 2. The van der Waals surface area contributed by atoms with Crippen LogP contribution in [0.1, 0.15) is 45.1 Å². The number of halogens is 7. The van der Waals surface area contributed by atoms with Crippen molar-refractivity contribution in [3.05, 3.63) is 70.6 Å². The van der Waals surface area contributed by atoms with Crippen molar-refractivity contribution in [1.82, 2.24) is 4.90 Å². The zero-order valence-corrected chi connectivity index (χ0v) is 24.7. The predicted molar refractivity (Wildman–Crippen MR) is 146 cm³/mol. The number of fused-ring (bicyclic) bond motifs is 4. The Labute approximate surface area is 257 Å². The van der Waals surface area contributed by atoms with Crippen LogP contribution in [0.3, 0.4) is 0 Å². The van der Waals surface area contributed by atoms with Gasteiger partial charge in [-0.2, -0.15) is 0 Å². The fraction of sp³-hybridized carbons (Fsp3) is 0.400. The number of carbonyl (C=O) groups is 4. The summed E-state index contributed by atoms with van der Waals surface area (Å²) in [5.41, 5.74) is -2.34. The van der Waals surface area contributed by atoms with Crippen LogP contribution < -0.4 is 4.90 Å². The van der Waals surface area contributed by atoms with Crippen LogP contribution in [0.15, 0.2) is 35.9 Å². The maximum atomic E-state index is 15.0. The molecule has 232 valence electrons. The van der Waals surface area contributed by atoms with Gasteiger partial charge in [0, 0.05) is 11.5 Å². The van der Waals surface area contributed by atoms with Gasteiger partial charge in [-0.05, 0) is 57.2 Å². The maximum absolute atomic E-state index is 15.0. The van der Waals surface area contributed by atoms with E-state index in [-0.39, 0.29) is 22.6 Å². The van der Waals surface area contributed by atoms with Crippen molar-refractivity contribution in [1.29, 1.82) is 0 Å². The number of nitrogens with zero attached hydrogens (tertiary/aromatic N) is 2. The van der Waals surface area contributed by atoms with E-state index in [9.17, 15) is 37.5 Å². The summed E-state index contributed by atoms with van der Waals surface area (Å²) < 4.78 is 72.5. The smallest absolute Gasteiger partial charge is 0.258 e. The van der Waals surface area contributed by atoms with Gasteiger partial charge >= 0.3 is 0 Å². The summed E-state index contributed by atoms with van der Waals surface area (Å²) in [5, 5.41) is 10.3. The van der Waals surface area contributed by atoms with Crippen molar-refractivity contribution >= 4 is 52.5 Å². The molecule has 0 bridgehead atoms. The van der Waals surface area contributed by atoms with E-state index in [1.165, 1.54) is 24.3 Å². The summed E-state index contributed by atoms with van der Waals surface area (Å²) >= 11 is 14.0. The Hall–Kier alpha value is -3.51. The Morgan fingerprint density at radius 2 is 1.45 bits per heavy atom. The van der Waals surface area contributed by atoms with E-state index in [2.05, 4.69) is 0 Å². The standard InChI is InChI=1S/C30H23Cl2F5N2O5/c1-28(2,3)39-24(41)14-8-7-13-15(16(14)25(39)42)10-29(31)26(43)38(23-21(36)19(34)18(33)20(35)22(23)37)27(44)30(29,32)17(13)11-5-4-6-12(40)9-11/h4-7,9,14-17,40H,8,10H2,1-3H3/t14-,15+,16-,17-,29+,30-/m0/s1. The second-order valence-electron chi connectivity index (χ2n) is 12.5. The molecule has 1 N–H and O–H groups in total. The normalized spacial score (nSPS) is 31.7. The Morgan fingerprint density at radius 3 is 2.02 bits per heavy atom. The molecular weight excluding hydrogens is 634 g/mol. The molecule has 7 nitrogen and oxygen atoms in total. The van der Waals surface area contributed by atoms with Crippen LogP contribution in [-0.2, 0) is 19.2 Å². The highest BCUT2D eigenvalue weighted by Gasteiger charge is 2.77. The number of hydrogen-bond donors (Lipinski definition) is 1. The second kappa shape index (κ2) is 9.50. The number of rotatable bonds is 2. The SMILES string of the molecule is CC(C)(C)N1C(=O)[C@H]2[C@H](CC=C3[C@H]2C[C@@]2(Cl)C(=O)N(c4c(F)c(F)c(F)c(F)c4F)C(=O)[C@@]2(Cl)[C@H]3c2cccc(O)c2)C1=O. The third-order valence-electron chi connectivity index (χ3n) is 9.10. The highest BCUT2D eigenvalue weighted by Crippen LogP contribution is 2.66. The number of alkyl halides is 2. The van der Waals surface area contributed by atoms with E-state index < -0.39 is 104 Å². The van der Waals surface area contributed by atoms with Crippen molar-refractivity contribution in [3.8, 4) is 5.75 Å². The van der Waals surface area contributed by atoms with E-state index in [1.807, 2.05) is 0 Å². The number of amides is 4. The molecule has 2 aliphatic heterocycles. The van der Waals surface area contributed by atoms with Gasteiger partial charge in [-0.3, -0.25) is 24.1 Å². The van der Waals surface area contributed by atoms with Crippen molar-refractivity contribution < 1.29 is 46.2 Å². The van der Waals surface area contributed by atoms with E-state index in [4.69, 9.17) is 23.2 Å². The summed E-state index contributed by atoms with van der Waals surface area (Å²) in [6, 6.07) is 5.34. The first-order chi connectivity index (χ1) is 20.4. The number of imide groups is 2. The van der Waals surface area contributed by atoms with Gasteiger partial charge in [-0.25, -0.2) is 26.9 Å². The Balaban J connectivity index is 1.60. The number of phenolic OH excluding ortho intramolecular Hbond substituents is 1. The first-order valence-corrected chi connectivity index (χ1v) is 14.3. The van der Waals surface area contributed by atoms with Gasteiger partial charge in [0.15, 0.2) is 33.0 Å². The van der Waals surface area contributed by atoms with Crippen LogP contribution in [-0.4, -0.2) is 48.9 Å². The molecule has 0 aromatic heterocycles. The Morgan fingerprint density at radius 1 is 0.864 bits per heavy atom. The molecule has 1 saturated carbocycles. The van der Waals surface area contributed by atoms with Crippen LogP contribution in [0, 0.1) is 46.8 Å². The molecule has 4 aliphatic rings. The monoisotopic (exact) mass is 656 g/mol. The number of aromatic hydroxyl groups is 1. The third kappa shape index (κ3) is 3.67. The van der Waals surface area contributed by atoms with Crippen molar-refractivity contribution in [2.45, 2.75) is 54.8 Å². The fourth-order valence-corrected chi connectivity index (χ4v) is 8.24. The lowest BCUT2D eigenvalue weighted by molar-refractivity contribution is -0.145. The summed E-state index contributed by atoms with van der Waals surface area (Å²) in [6.07, 6.45) is 1.04. The summed E-state index contributed by atoms with van der Waals surface area (Å²) in [5.74, 6) is -21.0. The lowest BCUT2D eigenvalue weighted by Gasteiger charge is -2.50. The minimum atomic E-state index is -2.63. The lowest BCUT2D eigenvalue weighted by atomic mass is 9.56. The van der Waals surface area contributed by atoms with Crippen LogP contribution in [0.4, 0.5) is 27.6 Å². The molecule has 0 radical (unpaired) electrons. The molecule has 14 heteroatoms. The van der Waals surface area contributed by atoms with Crippen LogP contribution >= 0.6 is 23.2 Å². The number of hydrogen-bond acceptors (Lipinski definition) is 5. The maximum Gasteiger partial charge on any atom is 0.258 e. The van der Waals surface area contributed by atoms with Gasteiger partial charge in [0.25, 0.3) is 11.8 Å². The number of likely N-dealkylation sites (tertiary alicyclic amines) is 1. The molecule has 2 aliphatic carbocycles. The number of allylic oxidation sites excluding steroid dienone is 2. The molecule has 44 heavy (non-hydrogen) atoms. The van der Waals surface area contributed by atoms with Crippen molar-refractivity contribution in [2.24, 2.45) is 17.8 Å². The van der Waals surface area contributed by atoms with E-state index >= 15 is 8.78 Å². The van der Waals surface area contributed by atoms with E-state index in [0.29, 0.717) is 5.57 Å². The third-order valence-corrected chi connectivity index (χ3v) is 10.5. The summed E-state index contributed by atoms with van der Waals surface area (Å²) in [4.78, 5) is 51.1. The minimum Gasteiger partial charge on any atom is -0.508 e. The van der Waals surface area contributed by atoms with Gasteiger partial charge in [-0.15, -0.1) is 23.2 Å². The van der Waals surface area contributed by atoms with Gasteiger partial charge in [-0.1, -0.05) is 23.8 Å². The molecule has 0 spiro atoms. The molecule has 2 aromatic rings. The second-order valence-corrected chi connectivity index (χ2v) is 13.7. The molecule has 6 rings (SSSR count). The van der Waals surface area contributed by atoms with Crippen LogP contribution in [0.25, 0.3) is 0 Å². The van der Waals surface area contributed by atoms with Crippen LogP contribution in [0.2, 0.25) is 0 Å². The number of anilines is 1. The minimum absolute atomic E-state index is 0.0364. The average molecular weight is 657 g/mol. The van der Waals surface area contributed by atoms with E-state index in [0.717, 1.165) is 4.90 Å². The highest BCUT2D eigenvalue weighted by molar-refractivity contribution is 6.58. The van der Waals surface area contributed by atoms with E-state index in [1.54, 1.807) is 26.8 Å². The summed E-state index contributed by atoms with van der Waals surface area (Å²) in [7, 11) is 0.